The predicted molar refractivity (Wildman–Crippen MR) is 101 cm³/mol. The van der Waals surface area contributed by atoms with E-state index in [1.54, 1.807) is 19.1 Å². The normalized spacial score (nSPS) is 11.9. The summed E-state index contributed by atoms with van der Waals surface area (Å²) in [7, 11) is 0. The minimum atomic E-state index is -0.899. The van der Waals surface area contributed by atoms with E-state index in [0.29, 0.717) is 17.8 Å². The number of hydrogen-bond acceptors (Lipinski definition) is 5. The van der Waals surface area contributed by atoms with Crippen LogP contribution < -0.4 is 15.7 Å². The summed E-state index contributed by atoms with van der Waals surface area (Å²) in [6.45, 7) is 3.96. The SMILES string of the molecule is CCCCc1cc(=O)oc2cc(O[C@H](C)C(=O)NCCCC(=O)O)ccc12. The number of fused-ring (bicyclic) bond motifs is 1. The standard InChI is InChI=1S/C20H25NO6/c1-3-4-6-14-11-19(24)27-17-12-15(8-9-16(14)17)26-13(2)20(25)21-10-5-7-18(22)23/h8-9,11-13H,3-7,10H2,1-2H3,(H,21,25)(H,22,23)/t13-/m1/s1. The van der Waals surface area contributed by atoms with Gasteiger partial charge in [-0.15, -0.1) is 0 Å². The Hall–Kier alpha value is -2.83. The number of nitrogens with one attached hydrogen (secondary N) is 1. The molecule has 0 saturated carbocycles. The number of carboxylic acids is 1. The summed E-state index contributed by atoms with van der Waals surface area (Å²) in [5, 5.41) is 12.1. The molecule has 1 heterocycles. The molecule has 2 aromatic rings. The average molecular weight is 375 g/mol. The van der Waals surface area contributed by atoms with Crippen LogP contribution in [0.15, 0.2) is 33.5 Å². The molecule has 0 radical (unpaired) electrons. The van der Waals surface area contributed by atoms with E-state index < -0.39 is 17.7 Å². The van der Waals surface area contributed by atoms with E-state index in [0.717, 1.165) is 30.2 Å². The Balaban J connectivity index is 2.05. The number of hydrogen-bond donors (Lipinski definition) is 2. The number of ether oxygens (including phenoxy) is 1. The van der Waals surface area contributed by atoms with Crippen LogP contribution in [0.4, 0.5) is 0 Å². The molecular formula is C20H25NO6. The topological polar surface area (TPSA) is 106 Å². The van der Waals surface area contributed by atoms with E-state index in [-0.39, 0.29) is 18.9 Å². The van der Waals surface area contributed by atoms with Gasteiger partial charge in [0.1, 0.15) is 11.3 Å². The molecule has 2 rings (SSSR count). The van der Waals surface area contributed by atoms with E-state index in [4.69, 9.17) is 14.3 Å². The van der Waals surface area contributed by atoms with Crippen molar-refractivity contribution in [3.05, 3.63) is 40.2 Å². The summed E-state index contributed by atoms with van der Waals surface area (Å²) < 4.78 is 10.9. The van der Waals surface area contributed by atoms with Gasteiger partial charge in [-0.1, -0.05) is 13.3 Å². The molecule has 0 saturated heterocycles. The van der Waals surface area contributed by atoms with Gasteiger partial charge in [0.05, 0.1) is 0 Å². The molecule has 7 heteroatoms. The van der Waals surface area contributed by atoms with Gasteiger partial charge < -0.3 is 19.6 Å². The highest BCUT2D eigenvalue weighted by Crippen LogP contribution is 2.24. The maximum atomic E-state index is 12.0. The molecule has 0 bridgehead atoms. The maximum Gasteiger partial charge on any atom is 0.336 e. The molecule has 2 N–H and O–H groups in total. The first kappa shape index (κ1) is 20.5. The van der Waals surface area contributed by atoms with E-state index >= 15 is 0 Å². The Morgan fingerprint density at radius 2 is 2.04 bits per heavy atom. The van der Waals surface area contributed by atoms with E-state index in [1.807, 2.05) is 6.07 Å². The van der Waals surface area contributed by atoms with Gasteiger partial charge in [0.2, 0.25) is 0 Å². The molecular weight excluding hydrogens is 350 g/mol. The number of carbonyl (C=O) groups is 2. The first-order valence-corrected chi connectivity index (χ1v) is 9.13. The highest BCUT2D eigenvalue weighted by atomic mass is 16.5. The van der Waals surface area contributed by atoms with Crippen LogP contribution in [-0.4, -0.2) is 29.6 Å². The first-order valence-electron chi connectivity index (χ1n) is 9.13. The van der Waals surface area contributed by atoms with Crippen molar-refractivity contribution in [1.82, 2.24) is 5.32 Å². The third kappa shape index (κ3) is 6.13. The lowest BCUT2D eigenvalue weighted by Gasteiger charge is -2.15. The number of carboxylic acid groups (broad SMARTS) is 1. The molecule has 1 aromatic heterocycles. The number of rotatable bonds is 10. The molecule has 0 fully saturated rings. The third-order valence-corrected chi connectivity index (χ3v) is 4.15. The van der Waals surface area contributed by atoms with Crippen molar-refractivity contribution >= 4 is 22.8 Å². The van der Waals surface area contributed by atoms with Crippen molar-refractivity contribution in [3.63, 3.8) is 0 Å². The monoisotopic (exact) mass is 375 g/mol. The van der Waals surface area contributed by atoms with Gasteiger partial charge in [0.15, 0.2) is 6.10 Å². The summed E-state index contributed by atoms with van der Waals surface area (Å²) in [6, 6.07) is 6.70. The van der Waals surface area contributed by atoms with Gasteiger partial charge in [-0.3, -0.25) is 9.59 Å². The van der Waals surface area contributed by atoms with Crippen LogP contribution >= 0.6 is 0 Å². The number of aryl methyl sites for hydroxylation is 1. The molecule has 0 aliphatic heterocycles. The second-order valence-electron chi connectivity index (χ2n) is 6.40. The molecule has 0 aliphatic rings. The number of benzene rings is 1. The van der Waals surface area contributed by atoms with Crippen LogP contribution in [0.25, 0.3) is 11.0 Å². The van der Waals surface area contributed by atoms with Crippen molar-refractivity contribution in [2.24, 2.45) is 0 Å². The fraction of sp³-hybridized carbons (Fsp3) is 0.450. The second-order valence-corrected chi connectivity index (χ2v) is 6.40. The van der Waals surface area contributed by atoms with Crippen LogP contribution in [-0.2, 0) is 16.0 Å². The van der Waals surface area contributed by atoms with Crippen molar-refractivity contribution in [1.29, 1.82) is 0 Å². The Kier molecular flexibility index (Phi) is 7.40. The summed E-state index contributed by atoms with van der Waals surface area (Å²) in [6.07, 6.45) is 2.41. The summed E-state index contributed by atoms with van der Waals surface area (Å²) >= 11 is 0. The lowest BCUT2D eigenvalue weighted by molar-refractivity contribution is -0.137. The molecule has 1 amide bonds. The number of amides is 1. The zero-order valence-electron chi connectivity index (χ0n) is 15.6. The summed E-state index contributed by atoms with van der Waals surface area (Å²) in [5.74, 6) is -0.811. The van der Waals surface area contributed by atoms with E-state index in [1.165, 1.54) is 6.07 Å². The lowest BCUT2D eigenvalue weighted by atomic mass is 10.0. The third-order valence-electron chi connectivity index (χ3n) is 4.15. The van der Waals surface area contributed by atoms with Gasteiger partial charge in [0.25, 0.3) is 5.91 Å². The van der Waals surface area contributed by atoms with Gasteiger partial charge >= 0.3 is 11.6 Å². The number of carbonyl (C=O) groups excluding carboxylic acids is 1. The molecule has 1 atom stereocenters. The molecule has 7 nitrogen and oxygen atoms in total. The Morgan fingerprint density at radius 1 is 1.26 bits per heavy atom. The summed E-state index contributed by atoms with van der Waals surface area (Å²) in [4.78, 5) is 34.3. The van der Waals surface area contributed by atoms with Crippen LogP contribution in [0, 0.1) is 0 Å². The summed E-state index contributed by atoms with van der Waals surface area (Å²) in [5.41, 5.74) is 0.967. The molecule has 27 heavy (non-hydrogen) atoms. The Bertz CT molecular complexity index is 857. The predicted octanol–water partition coefficient (Wildman–Crippen LogP) is 2.88. The van der Waals surface area contributed by atoms with Crippen molar-refractivity contribution in [3.8, 4) is 5.75 Å². The van der Waals surface area contributed by atoms with E-state index in [2.05, 4.69) is 12.2 Å². The highest BCUT2D eigenvalue weighted by Gasteiger charge is 2.15. The first-order chi connectivity index (χ1) is 12.9. The number of aliphatic carboxylic acids is 1. The van der Waals surface area contributed by atoms with Gasteiger partial charge in [-0.2, -0.15) is 0 Å². The van der Waals surface area contributed by atoms with Crippen LogP contribution in [0.3, 0.4) is 0 Å². The Labute approximate surface area is 157 Å². The second kappa shape index (κ2) is 9.75. The van der Waals surface area contributed by atoms with Gasteiger partial charge in [0, 0.05) is 30.5 Å². The van der Waals surface area contributed by atoms with Crippen molar-refractivity contribution in [2.75, 3.05) is 6.54 Å². The van der Waals surface area contributed by atoms with Crippen LogP contribution in [0.2, 0.25) is 0 Å². The molecule has 0 unspecified atom stereocenters. The zero-order chi connectivity index (χ0) is 19.8. The highest BCUT2D eigenvalue weighted by molar-refractivity contribution is 5.83. The maximum absolute atomic E-state index is 12.0. The van der Waals surface area contributed by atoms with Crippen molar-refractivity contribution < 1.29 is 23.8 Å². The Morgan fingerprint density at radius 3 is 2.74 bits per heavy atom. The van der Waals surface area contributed by atoms with E-state index in [9.17, 15) is 14.4 Å². The fourth-order valence-electron chi connectivity index (χ4n) is 2.71. The molecule has 146 valence electrons. The van der Waals surface area contributed by atoms with Gasteiger partial charge in [-0.05, 0) is 43.9 Å². The zero-order valence-corrected chi connectivity index (χ0v) is 15.6. The quantitative estimate of drug-likeness (QED) is 0.489. The minimum Gasteiger partial charge on any atom is -0.481 e. The lowest BCUT2D eigenvalue weighted by Crippen LogP contribution is -2.36. The molecule has 0 aliphatic carbocycles. The largest absolute Gasteiger partial charge is 0.481 e. The average Bonchev–Trinajstić information content (AvgIpc) is 2.62. The molecule has 0 spiro atoms. The fourth-order valence-corrected chi connectivity index (χ4v) is 2.71. The van der Waals surface area contributed by atoms with Crippen molar-refractivity contribution in [2.45, 2.75) is 52.1 Å². The number of unbranched alkanes of at least 4 members (excludes halogenated alkanes) is 1. The van der Waals surface area contributed by atoms with Gasteiger partial charge in [-0.25, -0.2) is 4.79 Å². The smallest absolute Gasteiger partial charge is 0.336 e. The minimum absolute atomic E-state index is 0.000407. The molecule has 1 aromatic carbocycles. The van der Waals surface area contributed by atoms with Crippen LogP contribution in [0.5, 0.6) is 5.75 Å². The van der Waals surface area contributed by atoms with Crippen LogP contribution in [0.1, 0.15) is 45.1 Å².